The fourth-order valence-electron chi connectivity index (χ4n) is 7.66. The topological polar surface area (TPSA) is 96.8 Å². The molecule has 216 valence electrons. The molecule has 1 saturated carbocycles. The largest absolute Gasteiger partial charge is 0.492 e. The van der Waals surface area contributed by atoms with Crippen molar-refractivity contribution < 1.29 is 19.1 Å². The summed E-state index contributed by atoms with van der Waals surface area (Å²) < 4.78 is 8.47. The Morgan fingerprint density at radius 3 is 2.57 bits per heavy atom. The third-order valence-electron chi connectivity index (χ3n) is 10.3. The number of carbonyl (C=O) groups excluding carboxylic acids is 3. The quantitative estimate of drug-likeness (QED) is 0.461. The fraction of sp³-hybridized carbons (Fsp3) is 0.455. The van der Waals surface area contributed by atoms with E-state index in [1.54, 1.807) is 4.90 Å². The molecular weight excluding hydrogens is 530 g/mol. The highest BCUT2D eigenvalue weighted by atomic mass is 16.5. The third kappa shape index (κ3) is 4.16. The van der Waals surface area contributed by atoms with E-state index in [1.807, 2.05) is 12.3 Å². The summed E-state index contributed by atoms with van der Waals surface area (Å²) in [6, 6.07) is 14.2. The molecule has 0 radical (unpaired) electrons. The van der Waals surface area contributed by atoms with Crippen LogP contribution < -0.4 is 10.1 Å². The Morgan fingerprint density at radius 2 is 1.81 bits per heavy atom. The van der Waals surface area contributed by atoms with E-state index in [0.29, 0.717) is 25.1 Å². The van der Waals surface area contributed by atoms with Gasteiger partial charge < -0.3 is 9.64 Å². The molecule has 1 N–H and O–H groups in total. The van der Waals surface area contributed by atoms with Gasteiger partial charge in [-0.15, -0.1) is 0 Å². The highest BCUT2D eigenvalue weighted by molar-refractivity contribution is 6.05. The molecule has 5 heterocycles. The van der Waals surface area contributed by atoms with Gasteiger partial charge >= 0.3 is 0 Å². The average molecular weight is 566 g/mol. The summed E-state index contributed by atoms with van der Waals surface area (Å²) in [5.41, 5.74) is 5.56. The van der Waals surface area contributed by atoms with Crippen LogP contribution in [0.25, 0.3) is 0 Å². The lowest BCUT2D eigenvalue weighted by Gasteiger charge is -2.38. The van der Waals surface area contributed by atoms with E-state index in [0.717, 1.165) is 50.3 Å². The van der Waals surface area contributed by atoms with Crippen LogP contribution in [-0.4, -0.2) is 63.0 Å². The summed E-state index contributed by atoms with van der Waals surface area (Å²) in [7, 11) is 0. The van der Waals surface area contributed by atoms with Gasteiger partial charge in [0.25, 0.3) is 5.91 Å². The molecule has 9 heteroatoms. The SMILES string of the molecule is O=C1CC[C@H](N2Cc3c(ccc4c3OCC43CCN(Cc4cnn(CC5(c6ccccc6)CC5)c4)CC3)C2=O)C(=O)N1. The maximum absolute atomic E-state index is 13.3. The first-order valence-electron chi connectivity index (χ1n) is 15.2. The van der Waals surface area contributed by atoms with E-state index in [4.69, 9.17) is 9.84 Å². The van der Waals surface area contributed by atoms with Gasteiger partial charge in [-0.1, -0.05) is 36.4 Å². The van der Waals surface area contributed by atoms with Gasteiger partial charge in [0, 0.05) is 52.2 Å². The van der Waals surface area contributed by atoms with Crippen LogP contribution in [0.15, 0.2) is 54.9 Å². The normalized spacial score (nSPS) is 24.0. The number of amides is 3. The number of hydrogen-bond donors (Lipinski definition) is 1. The van der Waals surface area contributed by atoms with Crippen LogP contribution >= 0.6 is 0 Å². The first-order chi connectivity index (χ1) is 20.4. The molecule has 3 amide bonds. The number of hydrogen-bond acceptors (Lipinski definition) is 6. The Hall–Kier alpha value is -3.98. The summed E-state index contributed by atoms with van der Waals surface area (Å²) in [5, 5.41) is 7.10. The van der Waals surface area contributed by atoms with E-state index < -0.39 is 6.04 Å². The predicted molar refractivity (Wildman–Crippen MR) is 154 cm³/mol. The van der Waals surface area contributed by atoms with E-state index in [-0.39, 0.29) is 35.0 Å². The lowest BCUT2D eigenvalue weighted by Crippen LogP contribution is -2.52. The van der Waals surface area contributed by atoms with Gasteiger partial charge in [-0.3, -0.25) is 29.3 Å². The minimum atomic E-state index is -0.616. The van der Waals surface area contributed by atoms with Crippen molar-refractivity contribution in [3.63, 3.8) is 0 Å². The lowest BCUT2D eigenvalue weighted by molar-refractivity contribution is -0.136. The van der Waals surface area contributed by atoms with Gasteiger partial charge in [-0.25, -0.2) is 0 Å². The number of benzene rings is 2. The average Bonchev–Trinajstić information content (AvgIpc) is 3.32. The van der Waals surface area contributed by atoms with Crippen LogP contribution in [0.4, 0.5) is 0 Å². The Balaban J connectivity index is 0.925. The predicted octanol–water partition coefficient (Wildman–Crippen LogP) is 3.30. The molecule has 2 saturated heterocycles. The first-order valence-corrected chi connectivity index (χ1v) is 15.2. The minimum Gasteiger partial charge on any atom is -0.492 e. The molecule has 9 nitrogen and oxygen atoms in total. The van der Waals surface area contributed by atoms with Crippen LogP contribution in [0, 0.1) is 0 Å². The monoisotopic (exact) mass is 565 g/mol. The van der Waals surface area contributed by atoms with E-state index in [9.17, 15) is 14.4 Å². The molecule has 0 bridgehead atoms. The standard InChI is InChI=1S/C33H35N5O4/c39-28-9-8-27(30(40)35-28)38-19-25-24(31(38)41)6-7-26-29(25)42-21-33(26)12-14-36(15-13-33)17-22-16-34-37(18-22)20-32(10-11-32)23-4-2-1-3-5-23/h1-7,16,18,27H,8-15,17,19-21H2,(H,35,39,40)/t27-/m0/s1. The Morgan fingerprint density at radius 1 is 1.00 bits per heavy atom. The number of rotatable bonds is 6. The molecule has 5 aliphatic rings. The number of likely N-dealkylation sites (tertiary alicyclic amines) is 1. The minimum absolute atomic E-state index is 0.0514. The molecule has 1 aliphatic carbocycles. The van der Waals surface area contributed by atoms with Crippen LogP contribution in [0.3, 0.4) is 0 Å². The van der Waals surface area contributed by atoms with Crippen LogP contribution in [0.2, 0.25) is 0 Å². The smallest absolute Gasteiger partial charge is 0.255 e. The molecule has 8 rings (SSSR count). The van der Waals surface area contributed by atoms with E-state index in [1.165, 1.54) is 29.5 Å². The first kappa shape index (κ1) is 25.7. The zero-order valence-corrected chi connectivity index (χ0v) is 23.7. The maximum atomic E-state index is 13.3. The zero-order valence-electron chi connectivity index (χ0n) is 23.7. The molecule has 3 aromatic rings. The second-order valence-corrected chi connectivity index (χ2v) is 12.9. The number of carbonyl (C=O) groups is 3. The van der Waals surface area contributed by atoms with Crippen molar-refractivity contribution in [2.24, 2.45) is 0 Å². The molecule has 1 spiro atoms. The number of imide groups is 1. The van der Waals surface area contributed by atoms with Crippen molar-refractivity contribution in [1.29, 1.82) is 0 Å². The molecule has 4 aliphatic heterocycles. The molecular formula is C33H35N5O4. The summed E-state index contributed by atoms with van der Waals surface area (Å²) in [5.74, 6) is 0.0143. The van der Waals surface area contributed by atoms with Crippen molar-refractivity contribution >= 4 is 17.7 Å². The van der Waals surface area contributed by atoms with Gasteiger partial charge in [-0.2, -0.15) is 5.10 Å². The number of fused-ring (bicyclic) bond motifs is 4. The Labute approximate surface area is 244 Å². The van der Waals surface area contributed by atoms with Crippen molar-refractivity contribution in [2.45, 2.75) is 75.0 Å². The molecule has 0 unspecified atom stereocenters. The van der Waals surface area contributed by atoms with Gasteiger partial charge in [0.15, 0.2) is 0 Å². The molecule has 3 fully saturated rings. The highest BCUT2D eigenvalue weighted by Crippen LogP contribution is 2.50. The van der Waals surface area contributed by atoms with Gasteiger partial charge in [0.1, 0.15) is 11.8 Å². The second kappa shape index (κ2) is 9.52. The molecule has 1 atom stereocenters. The molecule has 2 aromatic carbocycles. The van der Waals surface area contributed by atoms with Crippen molar-refractivity contribution in [3.05, 3.63) is 82.7 Å². The van der Waals surface area contributed by atoms with E-state index >= 15 is 0 Å². The van der Waals surface area contributed by atoms with Crippen LogP contribution in [0.1, 0.15) is 71.1 Å². The third-order valence-corrected chi connectivity index (χ3v) is 10.3. The highest BCUT2D eigenvalue weighted by Gasteiger charge is 2.48. The van der Waals surface area contributed by atoms with E-state index in [2.05, 4.69) is 57.5 Å². The Kier molecular flexibility index (Phi) is 5.83. The number of piperidine rings is 2. The summed E-state index contributed by atoms with van der Waals surface area (Å²) in [6.45, 7) is 4.74. The number of aromatic nitrogens is 2. The summed E-state index contributed by atoms with van der Waals surface area (Å²) in [4.78, 5) is 41.5. The Bertz CT molecular complexity index is 1580. The second-order valence-electron chi connectivity index (χ2n) is 12.9. The maximum Gasteiger partial charge on any atom is 0.255 e. The number of nitrogens with zero attached hydrogens (tertiary/aromatic N) is 4. The van der Waals surface area contributed by atoms with Crippen molar-refractivity contribution in [2.75, 3.05) is 19.7 Å². The molecule has 1 aromatic heterocycles. The fourth-order valence-corrected chi connectivity index (χ4v) is 7.66. The summed E-state index contributed by atoms with van der Waals surface area (Å²) >= 11 is 0. The lowest BCUT2D eigenvalue weighted by atomic mass is 9.74. The van der Waals surface area contributed by atoms with Gasteiger partial charge in [0.05, 0.1) is 25.9 Å². The van der Waals surface area contributed by atoms with Crippen molar-refractivity contribution in [1.82, 2.24) is 24.9 Å². The van der Waals surface area contributed by atoms with Crippen LogP contribution in [-0.2, 0) is 40.1 Å². The van der Waals surface area contributed by atoms with Gasteiger partial charge in [0.2, 0.25) is 11.8 Å². The number of nitrogens with one attached hydrogen (secondary N) is 1. The zero-order chi connectivity index (χ0) is 28.5. The number of ether oxygens (including phenoxy) is 1. The van der Waals surface area contributed by atoms with Crippen LogP contribution in [0.5, 0.6) is 5.75 Å². The van der Waals surface area contributed by atoms with Gasteiger partial charge in [-0.05, 0) is 56.8 Å². The van der Waals surface area contributed by atoms with Crippen molar-refractivity contribution in [3.8, 4) is 5.75 Å². The summed E-state index contributed by atoms with van der Waals surface area (Å²) in [6.07, 6.45) is 9.28. The molecule has 42 heavy (non-hydrogen) atoms.